The molecule has 0 heterocycles. The first-order valence-corrected chi connectivity index (χ1v) is 6.69. The Balaban J connectivity index is 3.13. The molecule has 0 aliphatic carbocycles. The van der Waals surface area contributed by atoms with Crippen LogP contribution in [0.1, 0.15) is 38.2 Å². The molecule has 4 heteroatoms. The first kappa shape index (κ1) is 15.5. The lowest BCUT2D eigenvalue weighted by Gasteiger charge is -2.16. The van der Waals surface area contributed by atoms with Gasteiger partial charge < -0.3 is 4.74 Å². The van der Waals surface area contributed by atoms with E-state index in [4.69, 9.17) is 16.3 Å². The van der Waals surface area contributed by atoms with Gasteiger partial charge in [0.05, 0.1) is 13.2 Å². The smallest absolute Gasteiger partial charge is 0.157 e. The van der Waals surface area contributed by atoms with Crippen LogP contribution in [0.2, 0.25) is 5.02 Å². The lowest BCUT2D eigenvalue weighted by atomic mass is 9.86. The number of nitrogens with zero attached hydrogens (tertiary/aromatic N) is 1. The molecule has 0 aliphatic rings. The van der Waals surface area contributed by atoms with Gasteiger partial charge in [-0.15, -0.1) is 0 Å². The Kier molecular flexibility index (Phi) is 5.85. The molecule has 0 bridgehead atoms. The normalized spacial score (nSPS) is 13.4. The topological polar surface area (TPSA) is 50.1 Å². The summed E-state index contributed by atoms with van der Waals surface area (Å²) >= 11 is 5.94. The summed E-state index contributed by atoms with van der Waals surface area (Å²) in [4.78, 5) is 12.3. The molecule has 0 fully saturated rings. The van der Waals surface area contributed by atoms with Crippen molar-refractivity contribution in [3.63, 3.8) is 0 Å². The van der Waals surface area contributed by atoms with Crippen molar-refractivity contribution < 1.29 is 9.53 Å². The summed E-state index contributed by atoms with van der Waals surface area (Å²) in [5.74, 6) is -0.522. The summed E-state index contributed by atoms with van der Waals surface area (Å²) in [7, 11) is 1.52. The van der Waals surface area contributed by atoms with Crippen molar-refractivity contribution in [2.24, 2.45) is 5.92 Å². The maximum Gasteiger partial charge on any atom is 0.157 e. The average molecular weight is 280 g/mol. The second kappa shape index (κ2) is 7.16. The Morgan fingerprint density at radius 1 is 1.53 bits per heavy atom. The summed E-state index contributed by atoms with van der Waals surface area (Å²) < 4.78 is 5.21. The molecule has 3 nitrogen and oxygen atoms in total. The summed E-state index contributed by atoms with van der Waals surface area (Å²) in [5.41, 5.74) is 0.547. The van der Waals surface area contributed by atoms with Crippen molar-refractivity contribution in [2.45, 2.75) is 32.6 Å². The first-order chi connectivity index (χ1) is 9.04. The monoisotopic (exact) mass is 279 g/mol. The number of carbonyl (C=O) groups is 1. The van der Waals surface area contributed by atoms with Crippen molar-refractivity contribution in [3.05, 3.63) is 28.8 Å². The lowest BCUT2D eigenvalue weighted by Crippen LogP contribution is -2.19. The van der Waals surface area contributed by atoms with Crippen LogP contribution in [0.4, 0.5) is 0 Å². The van der Waals surface area contributed by atoms with E-state index in [9.17, 15) is 10.1 Å². The number of methoxy groups -OCH3 is 1. The van der Waals surface area contributed by atoms with E-state index in [1.54, 1.807) is 18.2 Å². The fourth-order valence-electron chi connectivity index (χ4n) is 2.08. The van der Waals surface area contributed by atoms with Crippen molar-refractivity contribution in [2.75, 3.05) is 7.11 Å². The number of ketones is 1. The van der Waals surface area contributed by atoms with Crippen molar-refractivity contribution in [3.8, 4) is 11.8 Å². The van der Waals surface area contributed by atoms with Crippen molar-refractivity contribution >= 4 is 17.4 Å². The van der Waals surface area contributed by atoms with Gasteiger partial charge in [-0.1, -0.05) is 31.9 Å². The summed E-state index contributed by atoms with van der Waals surface area (Å²) in [6.45, 7) is 3.87. The van der Waals surface area contributed by atoms with E-state index >= 15 is 0 Å². The molecule has 0 aliphatic heterocycles. The van der Waals surface area contributed by atoms with Crippen LogP contribution in [0.25, 0.3) is 0 Å². The molecule has 0 N–H and O–H groups in total. The van der Waals surface area contributed by atoms with Crippen LogP contribution in [0.15, 0.2) is 18.2 Å². The molecule has 0 saturated carbocycles. The first-order valence-electron chi connectivity index (χ1n) is 6.31. The molecule has 19 heavy (non-hydrogen) atoms. The maximum absolute atomic E-state index is 12.3. The van der Waals surface area contributed by atoms with Gasteiger partial charge in [0.25, 0.3) is 0 Å². The van der Waals surface area contributed by atoms with E-state index in [2.05, 4.69) is 6.07 Å². The van der Waals surface area contributed by atoms with Gasteiger partial charge >= 0.3 is 0 Å². The molecular formula is C15H18ClNO2. The fourth-order valence-corrected chi connectivity index (χ4v) is 2.26. The zero-order valence-corrected chi connectivity index (χ0v) is 12.2. The van der Waals surface area contributed by atoms with E-state index < -0.39 is 5.92 Å². The van der Waals surface area contributed by atoms with E-state index in [-0.39, 0.29) is 11.7 Å². The Hall–Kier alpha value is -1.53. The molecule has 0 aromatic heterocycles. The summed E-state index contributed by atoms with van der Waals surface area (Å²) in [5, 5.41) is 9.80. The van der Waals surface area contributed by atoms with Gasteiger partial charge in [-0.25, -0.2) is 0 Å². The van der Waals surface area contributed by atoms with E-state index in [0.717, 1.165) is 12.8 Å². The van der Waals surface area contributed by atoms with Gasteiger partial charge in [0.15, 0.2) is 5.78 Å². The molecule has 1 aromatic rings. The molecule has 2 atom stereocenters. The lowest BCUT2D eigenvalue weighted by molar-refractivity contribution is -0.122. The highest BCUT2D eigenvalue weighted by Crippen LogP contribution is 2.32. The number of nitriles is 1. The maximum atomic E-state index is 12.3. The minimum Gasteiger partial charge on any atom is -0.496 e. The third-order valence-electron chi connectivity index (χ3n) is 3.12. The molecule has 102 valence electrons. The van der Waals surface area contributed by atoms with E-state index in [0.29, 0.717) is 16.3 Å². The van der Waals surface area contributed by atoms with Gasteiger partial charge in [-0.3, -0.25) is 4.79 Å². The second-order valence-corrected chi connectivity index (χ2v) is 4.98. The molecule has 0 radical (unpaired) electrons. The number of rotatable bonds is 6. The summed E-state index contributed by atoms with van der Waals surface area (Å²) in [6.07, 6.45) is 1.69. The molecule has 1 rings (SSSR count). The number of benzene rings is 1. The number of ether oxygens (including phenoxy) is 1. The number of carbonyl (C=O) groups excluding carboxylic acids is 1. The minimum absolute atomic E-state index is 0.0788. The minimum atomic E-state index is -0.824. The van der Waals surface area contributed by atoms with Gasteiger partial charge in [0, 0.05) is 16.5 Å². The predicted molar refractivity (Wildman–Crippen MR) is 75.4 cm³/mol. The molecule has 0 saturated heterocycles. The predicted octanol–water partition coefficient (Wildman–Crippen LogP) is 3.96. The zero-order valence-electron chi connectivity index (χ0n) is 11.4. The van der Waals surface area contributed by atoms with Crippen LogP contribution >= 0.6 is 11.6 Å². The van der Waals surface area contributed by atoms with E-state index in [1.165, 1.54) is 7.11 Å². The van der Waals surface area contributed by atoms with Crippen LogP contribution in [0.5, 0.6) is 5.75 Å². The number of halogens is 1. The Morgan fingerprint density at radius 3 is 2.74 bits per heavy atom. The van der Waals surface area contributed by atoms with Crippen LogP contribution < -0.4 is 4.74 Å². The Bertz CT molecular complexity index is 493. The number of Topliss-reactive ketones (excluding diaryl/α,β-unsaturated/α-hetero) is 1. The van der Waals surface area contributed by atoms with Gasteiger partial charge in [-0.2, -0.15) is 5.26 Å². The largest absolute Gasteiger partial charge is 0.496 e. The molecule has 0 spiro atoms. The molecule has 0 amide bonds. The molecule has 1 aromatic carbocycles. The number of hydrogen-bond donors (Lipinski definition) is 0. The van der Waals surface area contributed by atoms with Crippen molar-refractivity contribution in [1.29, 1.82) is 5.26 Å². The van der Waals surface area contributed by atoms with Crippen molar-refractivity contribution in [1.82, 2.24) is 0 Å². The highest BCUT2D eigenvalue weighted by atomic mass is 35.5. The number of hydrogen-bond acceptors (Lipinski definition) is 3. The Labute approximate surface area is 119 Å². The quantitative estimate of drug-likeness (QED) is 0.792. The third-order valence-corrected chi connectivity index (χ3v) is 3.36. The van der Waals surface area contributed by atoms with Crippen LogP contribution in [0.3, 0.4) is 0 Å². The van der Waals surface area contributed by atoms with Crippen LogP contribution in [0, 0.1) is 17.2 Å². The zero-order chi connectivity index (χ0) is 14.4. The average Bonchev–Trinajstić information content (AvgIpc) is 2.40. The second-order valence-electron chi connectivity index (χ2n) is 4.54. The van der Waals surface area contributed by atoms with Gasteiger partial charge in [0.1, 0.15) is 11.7 Å². The molecule has 2 unspecified atom stereocenters. The highest BCUT2D eigenvalue weighted by Gasteiger charge is 2.27. The third kappa shape index (κ3) is 3.71. The Morgan fingerprint density at radius 2 is 2.21 bits per heavy atom. The molecular weight excluding hydrogens is 262 g/mol. The standard InChI is InChI=1S/C15H18ClNO2/c1-4-5-10(2)15(18)13(9-17)12-8-11(16)6-7-14(12)19-3/h6-8,10,13H,4-5H2,1-3H3. The fraction of sp³-hybridized carbons (Fsp3) is 0.467. The van der Waals surface area contributed by atoms with Crippen LogP contribution in [-0.4, -0.2) is 12.9 Å². The SMILES string of the molecule is CCCC(C)C(=O)C(C#N)c1cc(Cl)ccc1OC. The van der Waals surface area contributed by atoms with Gasteiger partial charge in [-0.05, 0) is 24.6 Å². The summed E-state index contributed by atoms with van der Waals surface area (Å²) in [6, 6.07) is 7.06. The van der Waals surface area contributed by atoms with E-state index in [1.807, 2.05) is 13.8 Å². The van der Waals surface area contributed by atoms with Crippen LogP contribution in [-0.2, 0) is 4.79 Å². The van der Waals surface area contributed by atoms with Gasteiger partial charge in [0.2, 0.25) is 0 Å². The highest BCUT2D eigenvalue weighted by molar-refractivity contribution is 6.30.